The lowest BCUT2D eigenvalue weighted by molar-refractivity contribution is -0.123. The van der Waals surface area contributed by atoms with E-state index in [9.17, 15) is 18.4 Å². The highest BCUT2D eigenvalue weighted by Crippen LogP contribution is 2.27. The number of carbonyl (C=O) groups excluding carboxylic acids is 2. The maximum absolute atomic E-state index is 13.5. The summed E-state index contributed by atoms with van der Waals surface area (Å²) in [6.07, 6.45) is -1.12. The van der Waals surface area contributed by atoms with E-state index in [-0.39, 0.29) is 10.6 Å². The van der Waals surface area contributed by atoms with Crippen molar-refractivity contribution in [3.8, 4) is 0 Å². The smallest absolute Gasteiger partial charge is 0.349 e. The lowest BCUT2D eigenvalue weighted by Gasteiger charge is -2.13. The molecule has 7 heteroatoms. The molecular weight excluding hydrogens is 348 g/mol. The van der Waals surface area contributed by atoms with E-state index < -0.39 is 29.6 Å². The Bertz CT molecular complexity index is 954. The predicted octanol–water partition coefficient (Wildman–Crippen LogP) is 4.36. The monoisotopic (exact) mass is 361 g/mol. The number of esters is 1. The number of halogens is 2. The summed E-state index contributed by atoms with van der Waals surface area (Å²) in [5, 5.41) is 2.95. The molecule has 1 heterocycles. The van der Waals surface area contributed by atoms with Crippen LogP contribution in [-0.4, -0.2) is 18.0 Å². The first-order valence-electron chi connectivity index (χ1n) is 7.39. The number of benzene rings is 2. The largest absolute Gasteiger partial charge is 0.448 e. The second-order valence-corrected chi connectivity index (χ2v) is 6.39. The van der Waals surface area contributed by atoms with Gasteiger partial charge in [0, 0.05) is 4.70 Å². The van der Waals surface area contributed by atoms with Gasteiger partial charge in [-0.05, 0) is 48.7 Å². The molecule has 0 aliphatic heterocycles. The van der Waals surface area contributed by atoms with Crippen LogP contribution in [0.1, 0.15) is 16.6 Å². The maximum atomic E-state index is 13.5. The summed E-state index contributed by atoms with van der Waals surface area (Å²) < 4.78 is 32.6. The van der Waals surface area contributed by atoms with Crippen LogP contribution in [0.4, 0.5) is 14.5 Å². The fourth-order valence-electron chi connectivity index (χ4n) is 2.18. The highest BCUT2D eigenvalue weighted by atomic mass is 32.1. The number of hydrogen-bond acceptors (Lipinski definition) is 4. The first-order chi connectivity index (χ1) is 11.9. The molecule has 25 heavy (non-hydrogen) atoms. The van der Waals surface area contributed by atoms with Gasteiger partial charge in [0.15, 0.2) is 6.10 Å². The number of hydrogen-bond donors (Lipinski definition) is 1. The number of thiophene rings is 1. The standard InChI is InChI=1S/C18H13F2NO3S/c1-10(17(22)21-14-5-3-2-4-13(14)20)24-18(23)16-9-11-8-12(19)6-7-15(11)25-16/h2-10H,1H3,(H,21,22). The van der Waals surface area contributed by atoms with Crippen LogP contribution in [0, 0.1) is 11.6 Å². The third-order valence-electron chi connectivity index (χ3n) is 3.46. The van der Waals surface area contributed by atoms with Gasteiger partial charge in [0.25, 0.3) is 5.91 Å². The van der Waals surface area contributed by atoms with Crippen molar-refractivity contribution in [1.29, 1.82) is 0 Å². The average Bonchev–Trinajstić information content (AvgIpc) is 3.00. The molecule has 1 atom stereocenters. The second-order valence-electron chi connectivity index (χ2n) is 5.31. The second kappa shape index (κ2) is 6.98. The molecule has 1 N–H and O–H groups in total. The zero-order valence-electron chi connectivity index (χ0n) is 13.1. The average molecular weight is 361 g/mol. The third-order valence-corrected chi connectivity index (χ3v) is 4.56. The number of nitrogens with one attached hydrogen (secondary N) is 1. The van der Waals surface area contributed by atoms with Gasteiger partial charge in [0.1, 0.15) is 16.5 Å². The molecule has 3 rings (SSSR count). The first kappa shape index (κ1) is 17.0. The van der Waals surface area contributed by atoms with E-state index in [1.165, 1.54) is 43.3 Å². The summed E-state index contributed by atoms with van der Waals surface area (Å²) in [5.74, 6) is -2.33. The highest BCUT2D eigenvalue weighted by molar-refractivity contribution is 7.20. The number of carbonyl (C=O) groups is 2. The quantitative estimate of drug-likeness (QED) is 0.703. The minimum absolute atomic E-state index is 0.00716. The Labute approximate surface area is 146 Å². The fraction of sp³-hybridized carbons (Fsp3) is 0.111. The minimum Gasteiger partial charge on any atom is -0.448 e. The zero-order valence-corrected chi connectivity index (χ0v) is 13.9. The number of anilines is 1. The van der Waals surface area contributed by atoms with Crippen LogP contribution in [0.3, 0.4) is 0 Å². The molecule has 0 aliphatic rings. The molecule has 0 saturated carbocycles. The topological polar surface area (TPSA) is 55.4 Å². The van der Waals surface area contributed by atoms with E-state index in [0.717, 1.165) is 16.0 Å². The number of fused-ring (bicyclic) bond motifs is 1. The van der Waals surface area contributed by atoms with Crippen molar-refractivity contribution in [2.75, 3.05) is 5.32 Å². The van der Waals surface area contributed by atoms with Gasteiger partial charge in [0.2, 0.25) is 0 Å². The Morgan fingerprint density at radius 1 is 1.12 bits per heavy atom. The van der Waals surface area contributed by atoms with E-state index >= 15 is 0 Å². The third kappa shape index (κ3) is 3.83. The van der Waals surface area contributed by atoms with E-state index in [1.54, 1.807) is 12.1 Å². The van der Waals surface area contributed by atoms with Crippen molar-refractivity contribution in [3.63, 3.8) is 0 Å². The van der Waals surface area contributed by atoms with Crippen LogP contribution in [-0.2, 0) is 9.53 Å². The number of ether oxygens (including phenoxy) is 1. The first-order valence-corrected chi connectivity index (χ1v) is 8.21. The summed E-state index contributed by atoms with van der Waals surface area (Å²) in [5.41, 5.74) is 0.00716. The normalized spacial score (nSPS) is 12.0. The summed E-state index contributed by atoms with van der Waals surface area (Å²) in [7, 11) is 0. The van der Waals surface area contributed by atoms with E-state index in [1.807, 2.05) is 0 Å². The summed E-state index contributed by atoms with van der Waals surface area (Å²) in [6.45, 7) is 1.39. The Balaban J connectivity index is 1.68. The van der Waals surface area contributed by atoms with Gasteiger partial charge in [-0.2, -0.15) is 0 Å². The van der Waals surface area contributed by atoms with Gasteiger partial charge in [0.05, 0.1) is 5.69 Å². The van der Waals surface area contributed by atoms with Crippen LogP contribution < -0.4 is 5.32 Å². The number of para-hydroxylation sites is 1. The van der Waals surface area contributed by atoms with E-state index in [4.69, 9.17) is 4.74 Å². The highest BCUT2D eigenvalue weighted by Gasteiger charge is 2.21. The molecule has 1 aromatic heterocycles. The van der Waals surface area contributed by atoms with Gasteiger partial charge in [-0.3, -0.25) is 4.79 Å². The summed E-state index contributed by atoms with van der Waals surface area (Å²) in [6, 6.07) is 11.4. The molecule has 3 aromatic rings. The number of amides is 1. The van der Waals surface area contributed by atoms with Gasteiger partial charge in [-0.15, -0.1) is 11.3 Å². The van der Waals surface area contributed by atoms with Crippen LogP contribution in [0.5, 0.6) is 0 Å². The lowest BCUT2D eigenvalue weighted by atomic mass is 10.2. The molecule has 1 amide bonds. The molecule has 0 radical (unpaired) electrons. The van der Waals surface area contributed by atoms with E-state index in [0.29, 0.717) is 5.39 Å². The van der Waals surface area contributed by atoms with Gasteiger partial charge >= 0.3 is 5.97 Å². The zero-order chi connectivity index (χ0) is 18.0. The van der Waals surface area contributed by atoms with Crippen molar-refractivity contribution in [1.82, 2.24) is 0 Å². The van der Waals surface area contributed by atoms with Gasteiger partial charge < -0.3 is 10.1 Å². The van der Waals surface area contributed by atoms with Crippen LogP contribution in [0.15, 0.2) is 48.5 Å². The Kier molecular flexibility index (Phi) is 4.76. The molecule has 0 aliphatic carbocycles. The number of rotatable bonds is 4. The van der Waals surface area contributed by atoms with Crippen LogP contribution in [0.2, 0.25) is 0 Å². The summed E-state index contributed by atoms with van der Waals surface area (Å²) in [4.78, 5) is 24.5. The van der Waals surface area contributed by atoms with Gasteiger partial charge in [-0.1, -0.05) is 12.1 Å². The van der Waals surface area contributed by atoms with Crippen LogP contribution >= 0.6 is 11.3 Å². The molecular formula is C18H13F2NO3S. The Hall–Kier alpha value is -2.80. The molecule has 0 bridgehead atoms. The van der Waals surface area contributed by atoms with Crippen molar-refractivity contribution >= 4 is 39.0 Å². The molecule has 0 fully saturated rings. The molecule has 4 nitrogen and oxygen atoms in total. The van der Waals surface area contributed by atoms with Crippen molar-refractivity contribution < 1.29 is 23.1 Å². The molecule has 0 spiro atoms. The minimum atomic E-state index is -1.12. The Morgan fingerprint density at radius 3 is 2.64 bits per heavy atom. The van der Waals surface area contributed by atoms with E-state index in [2.05, 4.69) is 5.32 Å². The lowest BCUT2D eigenvalue weighted by Crippen LogP contribution is -2.30. The van der Waals surface area contributed by atoms with Crippen molar-refractivity contribution in [3.05, 3.63) is 65.0 Å². The van der Waals surface area contributed by atoms with Crippen molar-refractivity contribution in [2.45, 2.75) is 13.0 Å². The fourth-order valence-corrected chi connectivity index (χ4v) is 3.11. The van der Waals surface area contributed by atoms with Crippen LogP contribution in [0.25, 0.3) is 10.1 Å². The Morgan fingerprint density at radius 2 is 1.88 bits per heavy atom. The SMILES string of the molecule is CC(OC(=O)c1cc2cc(F)ccc2s1)C(=O)Nc1ccccc1F. The van der Waals surface area contributed by atoms with Gasteiger partial charge in [-0.25, -0.2) is 13.6 Å². The molecule has 1 unspecified atom stereocenters. The molecule has 128 valence electrons. The molecule has 0 saturated heterocycles. The predicted molar refractivity (Wildman–Crippen MR) is 91.7 cm³/mol. The molecule has 2 aromatic carbocycles. The maximum Gasteiger partial charge on any atom is 0.349 e. The summed E-state index contributed by atoms with van der Waals surface area (Å²) >= 11 is 1.14. The van der Waals surface area contributed by atoms with Crippen molar-refractivity contribution in [2.24, 2.45) is 0 Å².